The fourth-order valence-electron chi connectivity index (χ4n) is 2.29. The molecule has 1 N–H and O–H groups in total. The maximum atomic E-state index is 5.96. The molecule has 100 valence electrons. The normalized spacial score (nSPS) is 18.6. The summed E-state index contributed by atoms with van der Waals surface area (Å²) in [5, 5.41) is 4.62. The van der Waals surface area contributed by atoms with Gasteiger partial charge in [-0.2, -0.15) is 11.8 Å². The minimum atomic E-state index is 0.513. The average Bonchev–Trinajstić information content (AvgIpc) is 3.19. The number of benzene rings is 1. The Labute approximate surface area is 120 Å². The molecule has 1 aliphatic carbocycles. The zero-order valence-electron chi connectivity index (χ0n) is 11.2. The van der Waals surface area contributed by atoms with Gasteiger partial charge in [-0.05, 0) is 61.8 Å². The highest BCUT2D eigenvalue weighted by Gasteiger charge is 2.32. The van der Waals surface area contributed by atoms with Crippen molar-refractivity contribution in [1.82, 2.24) is 5.32 Å². The van der Waals surface area contributed by atoms with Crippen LogP contribution in [0.2, 0.25) is 5.02 Å². The lowest BCUT2D eigenvalue weighted by Crippen LogP contribution is -2.32. The summed E-state index contributed by atoms with van der Waals surface area (Å²) in [7, 11) is 0. The van der Waals surface area contributed by atoms with Crippen molar-refractivity contribution in [3.8, 4) is 0 Å². The van der Waals surface area contributed by atoms with E-state index in [0.717, 1.165) is 10.9 Å². The maximum absolute atomic E-state index is 5.96. The van der Waals surface area contributed by atoms with E-state index >= 15 is 0 Å². The van der Waals surface area contributed by atoms with Crippen LogP contribution in [0.1, 0.15) is 37.8 Å². The number of hydrogen-bond acceptors (Lipinski definition) is 2. The van der Waals surface area contributed by atoms with E-state index < -0.39 is 0 Å². The van der Waals surface area contributed by atoms with Crippen LogP contribution < -0.4 is 5.32 Å². The van der Waals surface area contributed by atoms with Crippen LogP contribution in [0.3, 0.4) is 0 Å². The molecule has 1 aromatic rings. The van der Waals surface area contributed by atoms with Crippen LogP contribution >= 0.6 is 23.4 Å². The Kier molecular flexibility index (Phi) is 5.40. The lowest BCUT2D eigenvalue weighted by atomic mass is 10.0. The van der Waals surface area contributed by atoms with Crippen LogP contribution in [0.25, 0.3) is 0 Å². The minimum Gasteiger partial charge on any atom is -0.307 e. The highest BCUT2D eigenvalue weighted by atomic mass is 35.5. The molecule has 1 aliphatic rings. The van der Waals surface area contributed by atoms with E-state index in [9.17, 15) is 0 Å². The number of halogens is 1. The van der Waals surface area contributed by atoms with Gasteiger partial charge in [0.1, 0.15) is 0 Å². The summed E-state index contributed by atoms with van der Waals surface area (Å²) in [5.74, 6) is 2.05. The zero-order chi connectivity index (χ0) is 13.0. The van der Waals surface area contributed by atoms with Crippen LogP contribution in [0.5, 0.6) is 0 Å². The summed E-state index contributed by atoms with van der Waals surface area (Å²) in [5.41, 5.74) is 1.39. The summed E-state index contributed by atoms with van der Waals surface area (Å²) in [6, 6.07) is 9.43. The molecule has 0 saturated heterocycles. The predicted octanol–water partition coefficient (Wildman–Crippen LogP) is 4.52. The first-order chi connectivity index (χ1) is 8.70. The van der Waals surface area contributed by atoms with Gasteiger partial charge in [0.15, 0.2) is 0 Å². The molecule has 3 heteroatoms. The first-order valence-corrected chi connectivity index (χ1v) is 8.48. The van der Waals surface area contributed by atoms with Gasteiger partial charge < -0.3 is 5.32 Å². The summed E-state index contributed by atoms with van der Waals surface area (Å²) < 4.78 is 0. The molecule has 1 aromatic carbocycles. The van der Waals surface area contributed by atoms with Crippen molar-refractivity contribution in [2.75, 3.05) is 12.0 Å². The monoisotopic (exact) mass is 283 g/mol. The molecule has 1 fully saturated rings. The molecule has 2 rings (SSSR count). The number of nitrogens with one attached hydrogen (secondary N) is 1. The molecule has 0 amide bonds. The third-order valence-electron chi connectivity index (χ3n) is 3.54. The van der Waals surface area contributed by atoms with Gasteiger partial charge in [-0.15, -0.1) is 0 Å². The number of rotatable bonds is 7. The average molecular weight is 284 g/mol. The number of hydrogen-bond donors (Lipinski definition) is 1. The Bertz CT molecular complexity index is 361. The molecule has 0 spiro atoms. The van der Waals surface area contributed by atoms with Gasteiger partial charge in [0.25, 0.3) is 0 Å². The van der Waals surface area contributed by atoms with Crippen LogP contribution in [-0.2, 0) is 0 Å². The molecule has 2 atom stereocenters. The smallest absolute Gasteiger partial charge is 0.0406 e. The number of thioether (sulfide) groups is 1. The van der Waals surface area contributed by atoms with Crippen molar-refractivity contribution in [2.24, 2.45) is 5.92 Å². The standard InChI is InChI=1S/C15H22ClNS/c1-11(9-10-18-2)17-15(12-3-4-12)13-5-7-14(16)8-6-13/h5-8,11-12,15,17H,3-4,9-10H2,1-2H3. The third kappa shape index (κ3) is 4.18. The SMILES string of the molecule is CSCCC(C)NC(c1ccc(Cl)cc1)C1CC1. The van der Waals surface area contributed by atoms with E-state index in [1.807, 2.05) is 23.9 Å². The highest BCUT2D eigenvalue weighted by Crippen LogP contribution is 2.41. The van der Waals surface area contributed by atoms with Crippen LogP contribution in [0.4, 0.5) is 0 Å². The summed E-state index contributed by atoms with van der Waals surface area (Å²) in [6.45, 7) is 2.29. The zero-order valence-corrected chi connectivity index (χ0v) is 12.7. The van der Waals surface area contributed by atoms with Crippen molar-refractivity contribution < 1.29 is 0 Å². The second-order valence-electron chi connectivity index (χ2n) is 5.22. The molecule has 0 heterocycles. The van der Waals surface area contributed by atoms with Crippen molar-refractivity contribution in [3.05, 3.63) is 34.9 Å². The predicted molar refractivity (Wildman–Crippen MR) is 82.5 cm³/mol. The van der Waals surface area contributed by atoms with Crippen molar-refractivity contribution in [3.63, 3.8) is 0 Å². The second-order valence-corrected chi connectivity index (χ2v) is 6.64. The minimum absolute atomic E-state index is 0.513. The highest BCUT2D eigenvalue weighted by molar-refractivity contribution is 7.98. The molecule has 1 saturated carbocycles. The molecule has 0 aliphatic heterocycles. The van der Waals surface area contributed by atoms with Gasteiger partial charge in [0, 0.05) is 17.1 Å². The Morgan fingerprint density at radius 2 is 2.00 bits per heavy atom. The van der Waals surface area contributed by atoms with E-state index in [4.69, 9.17) is 11.6 Å². The van der Waals surface area contributed by atoms with Crippen LogP contribution in [0.15, 0.2) is 24.3 Å². The van der Waals surface area contributed by atoms with Crippen molar-refractivity contribution in [2.45, 2.75) is 38.3 Å². The fourth-order valence-corrected chi connectivity index (χ4v) is 3.00. The van der Waals surface area contributed by atoms with Gasteiger partial charge in [-0.3, -0.25) is 0 Å². The molecular formula is C15H22ClNS. The van der Waals surface area contributed by atoms with E-state index in [2.05, 4.69) is 30.6 Å². The Hall–Kier alpha value is -0.180. The lowest BCUT2D eigenvalue weighted by Gasteiger charge is -2.23. The van der Waals surface area contributed by atoms with Gasteiger partial charge >= 0.3 is 0 Å². The van der Waals surface area contributed by atoms with E-state index in [1.165, 1.54) is 30.6 Å². The first-order valence-electron chi connectivity index (χ1n) is 6.71. The molecule has 0 radical (unpaired) electrons. The molecule has 18 heavy (non-hydrogen) atoms. The summed E-state index contributed by atoms with van der Waals surface area (Å²) in [4.78, 5) is 0. The van der Waals surface area contributed by atoms with Crippen molar-refractivity contribution >= 4 is 23.4 Å². The Morgan fingerprint density at radius 1 is 1.33 bits per heavy atom. The van der Waals surface area contributed by atoms with Gasteiger partial charge in [0.05, 0.1) is 0 Å². The Balaban J connectivity index is 1.97. The quantitative estimate of drug-likeness (QED) is 0.789. The van der Waals surface area contributed by atoms with Gasteiger partial charge in [0.2, 0.25) is 0 Å². The molecule has 0 bridgehead atoms. The molecule has 1 nitrogen and oxygen atoms in total. The maximum Gasteiger partial charge on any atom is 0.0406 e. The third-order valence-corrected chi connectivity index (χ3v) is 4.44. The molecular weight excluding hydrogens is 262 g/mol. The summed E-state index contributed by atoms with van der Waals surface area (Å²) >= 11 is 7.88. The van der Waals surface area contributed by atoms with Crippen LogP contribution in [0, 0.1) is 5.92 Å². The summed E-state index contributed by atoms with van der Waals surface area (Å²) in [6.07, 6.45) is 6.12. The van der Waals surface area contributed by atoms with Crippen molar-refractivity contribution in [1.29, 1.82) is 0 Å². The largest absolute Gasteiger partial charge is 0.307 e. The van der Waals surface area contributed by atoms with E-state index in [0.29, 0.717) is 12.1 Å². The topological polar surface area (TPSA) is 12.0 Å². The fraction of sp³-hybridized carbons (Fsp3) is 0.600. The van der Waals surface area contributed by atoms with Gasteiger partial charge in [-0.1, -0.05) is 23.7 Å². The Morgan fingerprint density at radius 3 is 2.56 bits per heavy atom. The lowest BCUT2D eigenvalue weighted by molar-refractivity contribution is 0.414. The second kappa shape index (κ2) is 6.83. The first kappa shape index (κ1) is 14.2. The van der Waals surface area contributed by atoms with Crippen LogP contribution in [-0.4, -0.2) is 18.1 Å². The molecule has 2 unspecified atom stereocenters. The van der Waals surface area contributed by atoms with E-state index in [1.54, 1.807) is 0 Å². The molecule has 0 aromatic heterocycles. The van der Waals surface area contributed by atoms with Gasteiger partial charge in [-0.25, -0.2) is 0 Å². The van der Waals surface area contributed by atoms with E-state index in [-0.39, 0.29) is 0 Å².